The molecule has 0 heterocycles. The Morgan fingerprint density at radius 3 is 2.18 bits per heavy atom. The number of rotatable bonds is 15. The molecule has 0 saturated carbocycles. The van der Waals surface area contributed by atoms with E-state index in [1.54, 1.807) is 13.8 Å². The van der Waals surface area contributed by atoms with Gasteiger partial charge in [0.1, 0.15) is 12.3 Å². The van der Waals surface area contributed by atoms with Crippen LogP contribution < -0.4 is 0 Å². The lowest BCUT2D eigenvalue weighted by molar-refractivity contribution is 0.154. The van der Waals surface area contributed by atoms with Gasteiger partial charge in [0.25, 0.3) is 0 Å². The van der Waals surface area contributed by atoms with Crippen molar-refractivity contribution in [2.45, 2.75) is 72.8 Å². The summed E-state index contributed by atoms with van der Waals surface area (Å²) in [7, 11) is -7.98. The fourth-order valence-corrected chi connectivity index (χ4v) is 6.60. The van der Waals surface area contributed by atoms with Gasteiger partial charge in [0, 0.05) is 0 Å². The standard InChI is InChI=1S/C20H38O6P2/c1-17(2)9-7-10-19(5)11-8-12-20(6)13-14-25-15-27(21,26-18(3)4)16-28(22,23)24/h9,11,18H,6-8,10,12-16H2,1-5H3,(H2,22,23,24)/b19-11+. The average molecular weight is 436 g/mol. The lowest BCUT2D eigenvalue weighted by atomic mass is 10.1. The molecule has 0 aromatic heterocycles. The highest BCUT2D eigenvalue weighted by Gasteiger charge is 2.34. The summed E-state index contributed by atoms with van der Waals surface area (Å²) in [6, 6.07) is 0. The van der Waals surface area contributed by atoms with E-state index < -0.39 is 27.0 Å². The molecule has 0 bridgehead atoms. The van der Waals surface area contributed by atoms with Gasteiger partial charge in [0.15, 0.2) is 0 Å². The van der Waals surface area contributed by atoms with E-state index in [9.17, 15) is 9.13 Å². The summed E-state index contributed by atoms with van der Waals surface area (Å²) >= 11 is 0. The van der Waals surface area contributed by atoms with Crippen molar-refractivity contribution in [3.63, 3.8) is 0 Å². The minimum absolute atomic E-state index is 0.299. The molecule has 0 rings (SSSR count). The van der Waals surface area contributed by atoms with Crippen molar-refractivity contribution in [1.29, 1.82) is 0 Å². The molecule has 0 fully saturated rings. The van der Waals surface area contributed by atoms with Gasteiger partial charge in [-0.15, -0.1) is 0 Å². The van der Waals surface area contributed by atoms with Crippen molar-refractivity contribution in [1.82, 2.24) is 0 Å². The third kappa shape index (κ3) is 16.5. The van der Waals surface area contributed by atoms with Gasteiger partial charge in [-0.05, 0) is 66.7 Å². The SMILES string of the molecule is C=C(CC/C=C(\C)CCC=C(C)C)CCOCP(=O)(CP(=O)(O)O)OC(C)C. The Morgan fingerprint density at radius 1 is 1.04 bits per heavy atom. The maximum absolute atomic E-state index is 12.6. The van der Waals surface area contributed by atoms with Crippen molar-refractivity contribution in [3.05, 3.63) is 35.5 Å². The fraction of sp³-hybridized carbons (Fsp3) is 0.700. The first-order chi connectivity index (χ1) is 12.8. The van der Waals surface area contributed by atoms with Gasteiger partial charge in [0.05, 0.1) is 12.7 Å². The molecule has 0 saturated heterocycles. The highest BCUT2D eigenvalue weighted by atomic mass is 31.2. The van der Waals surface area contributed by atoms with Gasteiger partial charge in [-0.2, -0.15) is 0 Å². The van der Waals surface area contributed by atoms with Gasteiger partial charge in [-0.1, -0.05) is 35.5 Å². The molecule has 0 aliphatic carbocycles. The highest BCUT2D eigenvalue weighted by molar-refractivity contribution is 7.73. The lowest BCUT2D eigenvalue weighted by Crippen LogP contribution is -2.09. The molecular weight excluding hydrogens is 398 g/mol. The summed E-state index contributed by atoms with van der Waals surface area (Å²) in [5.74, 6) is -0.796. The van der Waals surface area contributed by atoms with Crippen LogP contribution in [0.1, 0.15) is 66.7 Å². The molecule has 0 aliphatic heterocycles. The molecule has 0 aromatic rings. The zero-order chi connectivity index (χ0) is 21.8. The molecule has 0 aliphatic rings. The zero-order valence-corrected chi connectivity index (χ0v) is 19.8. The van der Waals surface area contributed by atoms with Crippen LogP contribution in [0.3, 0.4) is 0 Å². The van der Waals surface area contributed by atoms with Crippen molar-refractivity contribution >= 4 is 15.0 Å². The van der Waals surface area contributed by atoms with Crippen molar-refractivity contribution in [2.24, 2.45) is 0 Å². The van der Waals surface area contributed by atoms with E-state index in [0.29, 0.717) is 13.0 Å². The zero-order valence-electron chi connectivity index (χ0n) is 18.0. The molecular formula is C20H38O6P2. The maximum Gasteiger partial charge on any atom is 0.335 e. The molecule has 28 heavy (non-hydrogen) atoms. The van der Waals surface area contributed by atoms with Crippen LogP contribution in [-0.2, 0) is 18.4 Å². The summed E-state index contributed by atoms with van der Waals surface area (Å²) < 4.78 is 34.5. The van der Waals surface area contributed by atoms with E-state index in [1.165, 1.54) is 11.1 Å². The predicted molar refractivity (Wildman–Crippen MR) is 117 cm³/mol. The third-order valence-corrected chi connectivity index (χ3v) is 8.35. The van der Waals surface area contributed by atoms with E-state index in [1.807, 2.05) is 0 Å². The van der Waals surface area contributed by atoms with Crippen molar-refractivity contribution < 1.29 is 28.2 Å². The average Bonchev–Trinajstić information content (AvgIpc) is 2.48. The van der Waals surface area contributed by atoms with Crippen LogP contribution in [-0.4, -0.2) is 34.7 Å². The third-order valence-electron chi connectivity index (χ3n) is 3.77. The monoisotopic (exact) mass is 436 g/mol. The molecule has 1 atom stereocenters. The molecule has 2 N–H and O–H groups in total. The number of hydrogen-bond acceptors (Lipinski definition) is 4. The maximum atomic E-state index is 12.6. The minimum Gasteiger partial charge on any atom is -0.371 e. The molecule has 6 nitrogen and oxygen atoms in total. The summed E-state index contributed by atoms with van der Waals surface area (Å²) in [6.07, 6.45) is 8.28. The Labute approximate surface area is 170 Å². The Balaban J connectivity index is 4.23. The summed E-state index contributed by atoms with van der Waals surface area (Å²) in [5, 5.41) is 0. The van der Waals surface area contributed by atoms with Crippen LogP contribution in [0.15, 0.2) is 35.5 Å². The molecule has 0 aromatic carbocycles. The Hall–Kier alpha value is -0.480. The summed E-state index contributed by atoms with van der Waals surface area (Å²) in [4.78, 5) is 18.2. The topological polar surface area (TPSA) is 93.1 Å². The minimum atomic E-state index is -4.45. The van der Waals surface area contributed by atoms with Crippen molar-refractivity contribution in [3.8, 4) is 0 Å². The second kappa shape index (κ2) is 13.7. The second-order valence-corrected chi connectivity index (χ2v) is 12.3. The molecule has 164 valence electrons. The first-order valence-electron chi connectivity index (χ1n) is 9.67. The van der Waals surface area contributed by atoms with Crippen LogP contribution in [0.4, 0.5) is 0 Å². The number of allylic oxidation sites excluding steroid dienone is 4. The molecule has 0 radical (unpaired) electrons. The molecule has 8 heteroatoms. The van der Waals surface area contributed by atoms with E-state index in [4.69, 9.17) is 19.0 Å². The Morgan fingerprint density at radius 2 is 1.64 bits per heavy atom. The van der Waals surface area contributed by atoms with Crippen LogP contribution in [0.25, 0.3) is 0 Å². The summed E-state index contributed by atoms with van der Waals surface area (Å²) in [5.41, 5.74) is 3.74. The van der Waals surface area contributed by atoms with Crippen LogP contribution in [0, 0.1) is 0 Å². The van der Waals surface area contributed by atoms with Crippen LogP contribution in [0.5, 0.6) is 0 Å². The molecule has 0 spiro atoms. The smallest absolute Gasteiger partial charge is 0.335 e. The second-order valence-electron chi connectivity index (χ2n) is 7.72. The lowest BCUT2D eigenvalue weighted by Gasteiger charge is -2.21. The van der Waals surface area contributed by atoms with E-state index in [-0.39, 0.29) is 6.35 Å². The number of hydrogen-bond donors (Lipinski definition) is 2. The fourth-order valence-electron chi connectivity index (χ4n) is 2.53. The van der Waals surface area contributed by atoms with E-state index in [2.05, 4.69) is 39.5 Å². The van der Waals surface area contributed by atoms with E-state index in [0.717, 1.165) is 31.3 Å². The normalized spacial score (nSPS) is 14.8. The van der Waals surface area contributed by atoms with Gasteiger partial charge >= 0.3 is 7.60 Å². The summed E-state index contributed by atoms with van der Waals surface area (Å²) in [6.45, 7) is 14.0. The predicted octanol–water partition coefficient (Wildman–Crippen LogP) is 6.22. The van der Waals surface area contributed by atoms with Gasteiger partial charge in [0.2, 0.25) is 7.37 Å². The molecule has 0 amide bonds. The quantitative estimate of drug-likeness (QED) is 0.180. The van der Waals surface area contributed by atoms with Gasteiger partial charge in [-0.25, -0.2) is 0 Å². The van der Waals surface area contributed by atoms with Crippen molar-refractivity contribution in [2.75, 3.05) is 18.9 Å². The van der Waals surface area contributed by atoms with Crippen LogP contribution >= 0.6 is 15.0 Å². The van der Waals surface area contributed by atoms with Gasteiger partial charge in [-0.3, -0.25) is 9.13 Å². The van der Waals surface area contributed by atoms with Crippen LogP contribution in [0.2, 0.25) is 0 Å². The number of ether oxygens (including phenoxy) is 1. The Bertz CT molecular complexity index is 627. The highest BCUT2D eigenvalue weighted by Crippen LogP contribution is 2.58. The largest absolute Gasteiger partial charge is 0.371 e. The van der Waals surface area contributed by atoms with Gasteiger partial charge < -0.3 is 19.0 Å². The van der Waals surface area contributed by atoms with E-state index >= 15 is 0 Å². The molecule has 1 unspecified atom stereocenters. The Kier molecular flexibility index (Phi) is 13.5. The first-order valence-corrected chi connectivity index (χ1v) is 13.5. The first kappa shape index (κ1) is 27.5.